The molecule has 0 aliphatic carbocycles. The molecule has 0 aliphatic heterocycles. The van der Waals surface area contributed by atoms with Gasteiger partial charge in [-0.25, -0.2) is 0 Å². The van der Waals surface area contributed by atoms with Gasteiger partial charge in [0.2, 0.25) is 11.9 Å². The van der Waals surface area contributed by atoms with Gasteiger partial charge in [-0.1, -0.05) is 42.5 Å². The first kappa shape index (κ1) is 18.8. The second-order valence-corrected chi connectivity index (χ2v) is 6.85. The number of hydrogen-bond donors (Lipinski definition) is 3. The van der Waals surface area contributed by atoms with Gasteiger partial charge in [0.05, 0.1) is 6.10 Å². The Morgan fingerprint density at radius 1 is 0.889 bits per heavy atom. The molecule has 6 heteroatoms. The van der Waals surface area contributed by atoms with Gasteiger partial charge in [0.25, 0.3) is 0 Å². The molecule has 2 aromatic carbocycles. The van der Waals surface area contributed by atoms with Crippen molar-refractivity contribution in [1.82, 2.24) is 15.0 Å². The average molecular weight is 363 g/mol. The second-order valence-electron chi connectivity index (χ2n) is 6.85. The molecular formula is C21H25N5O. The SMILES string of the molecule is CC(O)Cc1cccc(Nc2nc(NC(C)C)nc(-c3ccccc3)n2)c1. The van der Waals surface area contributed by atoms with E-state index in [0.717, 1.165) is 16.8 Å². The van der Waals surface area contributed by atoms with Crippen molar-refractivity contribution in [3.63, 3.8) is 0 Å². The lowest BCUT2D eigenvalue weighted by molar-refractivity contribution is 0.195. The Labute approximate surface area is 159 Å². The minimum Gasteiger partial charge on any atom is -0.393 e. The summed E-state index contributed by atoms with van der Waals surface area (Å²) in [6.07, 6.45) is 0.214. The first-order valence-electron chi connectivity index (χ1n) is 9.11. The average Bonchev–Trinajstić information content (AvgIpc) is 2.61. The van der Waals surface area contributed by atoms with Crippen LogP contribution >= 0.6 is 0 Å². The third kappa shape index (κ3) is 5.49. The molecular weight excluding hydrogens is 338 g/mol. The molecule has 0 aliphatic rings. The summed E-state index contributed by atoms with van der Waals surface area (Å²) in [5, 5.41) is 16.1. The quantitative estimate of drug-likeness (QED) is 0.588. The fourth-order valence-electron chi connectivity index (χ4n) is 2.72. The Balaban J connectivity index is 1.92. The summed E-state index contributed by atoms with van der Waals surface area (Å²) in [4.78, 5) is 13.6. The summed E-state index contributed by atoms with van der Waals surface area (Å²) in [6, 6.07) is 17.9. The van der Waals surface area contributed by atoms with Crippen molar-refractivity contribution in [1.29, 1.82) is 0 Å². The minimum atomic E-state index is -0.385. The third-order valence-corrected chi connectivity index (χ3v) is 3.80. The molecule has 1 atom stereocenters. The molecule has 0 spiro atoms. The first-order valence-corrected chi connectivity index (χ1v) is 9.11. The van der Waals surface area contributed by atoms with Crippen LogP contribution in [0.2, 0.25) is 0 Å². The highest BCUT2D eigenvalue weighted by molar-refractivity contribution is 5.61. The van der Waals surface area contributed by atoms with Crippen LogP contribution < -0.4 is 10.6 Å². The maximum Gasteiger partial charge on any atom is 0.232 e. The van der Waals surface area contributed by atoms with Gasteiger partial charge in [-0.2, -0.15) is 15.0 Å². The fraction of sp³-hybridized carbons (Fsp3) is 0.286. The number of rotatable bonds is 7. The van der Waals surface area contributed by atoms with E-state index in [-0.39, 0.29) is 12.1 Å². The molecule has 0 radical (unpaired) electrons. The van der Waals surface area contributed by atoms with Gasteiger partial charge in [-0.3, -0.25) is 0 Å². The summed E-state index contributed by atoms with van der Waals surface area (Å²) in [7, 11) is 0. The first-order chi connectivity index (χ1) is 13.0. The molecule has 0 amide bonds. The van der Waals surface area contributed by atoms with Gasteiger partial charge in [-0.05, 0) is 44.9 Å². The van der Waals surface area contributed by atoms with Crippen LogP contribution in [0.5, 0.6) is 0 Å². The van der Waals surface area contributed by atoms with Crippen LogP contribution in [-0.4, -0.2) is 32.2 Å². The topological polar surface area (TPSA) is 83.0 Å². The van der Waals surface area contributed by atoms with Crippen molar-refractivity contribution in [2.75, 3.05) is 10.6 Å². The number of hydrogen-bond acceptors (Lipinski definition) is 6. The van der Waals surface area contributed by atoms with E-state index in [4.69, 9.17) is 0 Å². The number of aliphatic hydroxyl groups is 1. The molecule has 27 heavy (non-hydrogen) atoms. The van der Waals surface area contributed by atoms with Crippen LogP contribution in [0.25, 0.3) is 11.4 Å². The highest BCUT2D eigenvalue weighted by Crippen LogP contribution is 2.21. The van der Waals surface area contributed by atoms with E-state index in [1.165, 1.54) is 0 Å². The lowest BCUT2D eigenvalue weighted by atomic mass is 10.1. The molecule has 3 aromatic rings. The summed E-state index contributed by atoms with van der Waals surface area (Å²) >= 11 is 0. The molecule has 0 fully saturated rings. The Bertz CT molecular complexity index is 881. The van der Waals surface area contributed by atoms with E-state index in [9.17, 15) is 5.11 Å². The fourth-order valence-corrected chi connectivity index (χ4v) is 2.72. The molecule has 3 N–H and O–H groups in total. The third-order valence-electron chi connectivity index (χ3n) is 3.80. The van der Waals surface area contributed by atoms with Crippen LogP contribution in [0.3, 0.4) is 0 Å². The number of anilines is 3. The van der Waals surface area contributed by atoms with Gasteiger partial charge in [-0.15, -0.1) is 0 Å². The standard InChI is InChI=1S/C21H25N5O/c1-14(2)22-20-24-19(17-9-5-4-6-10-17)25-21(26-20)23-18-11-7-8-16(13-18)12-15(3)27/h4-11,13-15,27H,12H2,1-3H3,(H2,22,23,24,25,26). The van der Waals surface area contributed by atoms with Crippen molar-refractivity contribution in [2.45, 2.75) is 39.3 Å². The molecule has 1 heterocycles. The van der Waals surface area contributed by atoms with E-state index in [2.05, 4.69) is 25.6 Å². The van der Waals surface area contributed by atoms with Crippen LogP contribution in [0, 0.1) is 0 Å². The van der Waals surface area contributed by atoms with E-state index >= 15 is 0 Å². The number of nitrogens with zero attached hydrogens (tertiary/aromatic N) is 3. The van der Waals surface area contributed by atoms with E-state index in [1.807, 2.05) is 68.4 Å². The molecule has 140 valence electrons. The van der Waals surface area contributed by atoms with Crippen LogP contribution in [0.1, 0.15) is 26.3 Å². The maximum atomic E-state index is 9.61. The molecule has 0 saturated carbocycles. The maximum absolute atomic E-state index is 9.61. The van der Waals surface area contributed by atoms with E-state index < -0.39 is 0 Å². The Hall–Kier alpha value is -2.99. The van der Waals surface area contributed by atoms with Gasteiger partial charge in [0, 0.05) is 17.3 Å². The van der Waals surface area contributed by atoms with Crippen molar-refractivity contribution in [3.8, 4) is 11.4 Å². The molecule has 3 rings (SSSR count). The number of aliphatic hydroxyl groups excluding tert-OH is 1. The molecule has 6 nitrogen and oxygen atoms in total. The zero-order chi connectivity index (χ0) is 19.2. The molecule has 0 saturated heterocycles. The summed E-state index contributed by atoms with van der Waals surface area (Å²) < 4.78 is 0. The molecule has 0 bridgehead atoms. The minimum absolute atomic E-state index is 0.207. The van der Waals surface area contributed by atoms with Crippen LogP contribution in [0.4, 0.5) is 17.6 Å². The van der Waals surface area contributed by atoms with Crippen molar-refractivity contribution in [3.05, 3.63) is 60.2 Å². The van der Waals surface area contributed by atoms with Crippen LogP contribution in [-0.2, 0) is 6.42 Å². The summed E-state index contributed by atoms with van der Waals surface area (Å²) in [5.41, 5.74) is 2.85. The lowest BCUT2D eigenvalue weighted by Gasteiger charge is -2.13. The predicted molar refractivity (Wildman–Crippen MR) is 109 cm³/mol. The smallest absolute Gasteiger partial charge is 0.232 e. The zero-order valence-electron chi connectivity index (χ0n) is 15.8. The van der Waals surface area contributed by atoms with Gasteiger partial charge < -0.3 is 15.7 Å². The highest BCUT2D eigenvalue weighted by atomic mass is 16.3. The summed E-state index contributed by atoms with van der Waals surface area (Å²) in [5.74, 6) is 1.61. The van der Waals surface area contributed by atoms with Gasteiger partial charge in [0.1, 0.15) is 0 Å². The summed E-state index contributed by atoms with van der Waals surface area (Å²) in [6.45, 7) is 5.86. The Morgan fingerprint density at radius 3 is 2.33 bits per heavy atom. The predicted octanol–water partition coefficient (Wildman–Crippen LogP) is 4.03. The number of aromatic nitrogens is 3. The highest BCUT2D eigenvalue weighted by Gasteiger charge is 2.10. The number of nitrogens with one attached hydrogen (secondary N) is 2. The monoisotopic (exact) mass is 363 g/mol. The number of benzene rings is 2. The lowest BCUT2D eigenvalue weighted by Crippen LogP contribution is -2.14. The van der Waals surface area contributed by atoms with E-state index in [1.54, 1.807) is 6.92 Å². The zero-order valence-corrected chi connectivity index (χ0v) is 15.8. The Kier molecular flexibility index (Phi) is 5.98. The molecule has 1 aromatic heterocycles. The largest absolute Gasteiger partial charge is 0.393 e. The second kappa shape index (κ2) is 8.60. The van der Waals surface area contributed by atoms with Crippen molar-refractivity contribution < 1.29 is 5.11 Å². The van der Waals surface area contributed by atoms with Crippen molar-refractivity contribution >= 4 is 17.6 Å². The van der Waals surface area contributed by atoms with Gasteiger partial charge in [0.15, 0.2) is 5.82 Å². The normalized spacial score (nSPS) is 12.0. The van der Waals surface area contributed by atoms with E-state index in [0.29, 0.717) is 24.1 Å². The Morgan fingerprint density at radius 2 is 1.63 bits per heavy atom. The van der Waals surface area contributed by atoms with Gasteiger partial charge >= 0.3 is 0 Å². The van der Waals surface area contributed by atoms with Crippen molar-refractivity contribution in [2.24, 2.45) is 0 Å². The molecule has 1 unspecified atom stereocenters. The van der Waals surface area contributed by atoms with Crippen LogP contribution in [0.15, 0.2) is 54.6 Å².